The maximum atomic E-state index is 9.58. The fourth-order valence-electron chi connectivity index (χ4n) is 1.49. The molecule has 0 saturated heterocycles. The second-order valence-electron chi connectivity index (χ2n) is 4.56. The molecule has 0 aliphatic carbocycles. The van der Waals surface area contributed by atoms with E-state index in [2.05, 4.69) is 5.32 Å². The summed E-state index contributed by atoms with van der Waals surface area (Å²) in [6, 6.07) is 7.51. The standard InChI is InChI=1S/C14H23NO4/c1-3-18-12-6-4-5-7-13(12)19-9-8-15-10-14(2,17)11-16/h4-7,15-17H,3,8-11H2,1-2H3. The second kappa shape index (κ2) is 7.99. The number of aliphatic hydroxyl groups excluding tert-OH is 1. The minimum absolute atomic E-state index is 0.270. The maximum absolute atomic E-state index is 9.58. The fourth-order valence-corrected chi connectivity index (χ4v) is 1.49. The summed E-state index contributed by atoms with van der Waals surface area (Å²) < 4.78 is 11.1. The van der Waals surface area contributed by atoms with Gasteiger partial charge in [-0.2, -0.15) is 0 Å². The molecule has 0 spiro atoms. The molecular formula is C14H23NO4. The van der Waals surface area contributed by atoms with Crippen molar-refractivity contribution in [1.82, 2.24) is 5.32 Å². The van der Waals surface area contributed by atoms with E-state index in [0.717, 1.165) is 5.75 Å². The Hall–Kier alpha value is -1.30. The molecule has 1 rings (SSSR count). The molecule has 5 nitrogen and oxygen atoms in total. The number of benzene rings is 1. The van der Waals surface area contributed by atoms with Crippen molar-refractivity contribution in [2.24, 2.45) is 0 Å². The molecule has 0 aliphatic rings. The van der Waals surface area contributed by atoms with E-state index in [1.165, 1.54) is 0 Å². The van der Waals surface area contributed by atoms with Crippen LogP contribution >= 0.6 is 0 Å². The first-order chi connectivity index (χ1) is 9.09. The minimum Gasteiger partial charge on any atom is -0.490 e. The highest BCUT2D eigenvalue weighted by molar-refractivity contribution is 5.39. The quantitative estimate of drug-likeness (QED) is 0.578. The lowest BCUT2D eigenvalue weighted by Crippen LogP contribution is -2.42. The van der Waals surface area contributed by atoms with Gasteiger partial charge in [0, 0.05) is 13.1 Å². The van der Waals surface area contributed by atoms with E-state index in [4.69, 9.17) is 14.6 Å². The van der Waals surface area contributed by atoms with E-state index in [9.17, 15) is 5.11 Å². The molecule has 19 heavy (non-hydrogen) atoms. The highest BCUT2D eigenvalue weighted by atomic mass is 16.5. The third-order valence-corrected chi connectivity index (χ3v) is 2.53. The van der Waals surface area contributed by atoms with Crippen molar-refractivity contribution in [3.63, 3.8) is 0 Å². The van der Waals surface area contributed by atoms with Crippen LogP contribution < -0.4 is 14.8 Å². The summed E-state index contributed by atoms with van der Waals surface area (Å²) in [4.78, 5) is 0. The van der Waals surface area contributed by atoms with E-state index in [0.29, 0.717) is 32.1 Å². The van der Waals surface area contributed by atoms with Crippen LogP contribution in [0.15, 0.2) is 24.3 Å². The number of hydrogen-bond acceptors (Lipinski definition) is 5. The Kier molecular flexibility index (Phi) is 6.62. The average Bonchev–Trinajstić information content (AvgIpc) is 2.40. The summed E-state index contributed by atoms with van der Waals surface area (Å²) in [6.45, 7) is 5.19. The van der Waals surface area contributed by atoms with E-state index in [1.54, 1.807) is 6.92 Å². The van der Waals surface area contributed by atoms with Crippen LogP contribution in [0.1, 0.15) is 13.8 Å². The highest BCUT2D eigenvalue weighted by Crippen LogP contribution is 2.25. The van der Waals surface area contributed by atoms with Gasteiger partial charge >= 0.3 is 0 Å². The van der Waals surface area contributed by atoms with Gasteiger partial charge in [-0.1, -0.05) is 12.1 Å². The van der Waals surface area contributed by atoms with Gasteiger partial charge in [0.25, 0.3) is 0 Å². The summed E-state index contributed by atoms with van der Waals surface area (Å²) >= 11 is 0. The number of nitrogens with one attached hydrogen (secondary N) is 1. The molecule has 1 aromatic rings. The van der Waals surface area contributed by atoms with Crippen molar-refractivity contribution >= 4 is 0 Å². The number of ether oxygens (including phenoxy) is 2. The lowest BCUT2D eigenvalue weighted by atomic mass is 10.1. The zero-order chi connectivity index (χ0) is 14.1. The van der Waals surface area contributed by atoms with Crippen molar-refractivity contribution in [2.45, 2.75) is 19.4 Å². The fraction of sp³-hybridized carbons (Fsp3) is 0.571. The van der Waals surface area contributed by atoms with Gasteiger partial charge in [-0.25, -0.2) is 0 Å². The van der Waals surface area contributed by atoms with Gasteiger partial charge in [-0.3, -0.25) is 0 Å². The molecule has 0 saturated carbocycles. The number of para-hydroxylation sites is 2. The predicted molar refractivity (Wildman–Crippen MR) is 73.7 cm³/mol. The van der Waals surface area contributed by atoms with Crippen LogP contribution in [0.25, 0.3) is 0 Å². The zero-order valence-corrected chi connectivity index (χ0v) is 11.6. The van der Waals surface area contributed by atoms with Gasteiger partial charge in [0.05, 0.1) is 18.8 Å². The van der Waals surface area contributed by atoms with E-state index in [-0.39, 0.29) is 6.61 Å². The first-order valence-electron chi connectivity index (χ1n) is 6.47. The van der Waals surface area contributed by atoms with Crippen LogP contribution in [0.3, 0.4) is 0 Å². The first kappa shape index (κ1) is 15.8. The van der Waals surface area contributed by atoms with Crippen LogP contribution in [0.4, 0.5) is 0 Å². The van der Waals surface area contributed by atoms with Gasteiger partial charge < -0.3 is 25.0 Å². The lowest BCUT2D eigenvalue weighted by molar-refractivity contribution is 0.00243. The topological polar surface area (TPSA) is 71.0 Å². The first-order valence-corrected chi connectivity index (χ1v) is 6.47. The molecule has 108 valence electrons. The summed E-state index contributed by atoms with van der Waals surface area (Å²) in [5.41, 5.74) is -1.09. The lowest BCUT2D eigenvalue weighted by Gasteiger charge is -2.20. The number of rotatable bonds is 9. The maximum Gasteiger partial charge on any atom is 0.161 e. The molecule has 3 N–H and O–H groups in total. The molecule has 0 fully saturated rings. The van der Waals surface area contributed by atoms with Gasteiger partial charge in [0.2, 0.25) is 0 Å². The van der Waals surface area contributed by atoms with E-state index < -0.39 is 5.60 Å². The largest absolute Gasteiger partial charge is 0.490 e. The Morgan fingerprint density at radius 3 is 2.42 bits per heavy atom. The Bertz CT molecular complexity index is 368. The Balaban J connectivity index is 2.29. The van der Waals surface area contributed by atoms with Crippen LogP contribution in [0, 0.1) is 0 Å². The third kappa shape index (κ3) is 5.92. The smallest absolute Gasteiger partial charge is 0.161 e. The predicted octanol–water partition coefficient (Wildman–Crippen LogP) is 0.797. The van der Waals surface area contributed by atoms with Crippen molar-refractivity contribution in [3.8, 4) is 11.5 Å². The highest BCUT2D eigenvalue weighted by Gasteiger charge is 2.17. The molecule has 0 amide bonds. The second-order valence-corrected chi connectivity index (χ2v) is 4.56. The molecule has 1 unspecified atom stereocenters. The average molecular weight is 269 g/mol. The van der Waals surface area contributed by atoms with Crippen molar-refractivity contribution in [3.05, 3.63) is 24.3 Å². The normalized spacial score (nSPS) is 13.9. The Labute approximate surface area is 114 Å². The molecule has 0 bridgehead atoms. The summed E-state index contributed by atoms with van der Waals surface area (Å²) in [5, 5.41) is 21.5. The van der Waals surface area contributed by atoms with Crippen molar-refractivity contribution in [1.29, 1.82) is 0 Å². The van der Waals surface area contributed by atoms with Gasteiger partial charge in [-0.05, 0) is 26.0 Å². The van der Waals surface area contributed by atoms with Gasteiger partial charge in [-0.15, -0.1) is 0 Å². The molecule has 0 heterocycles. The molecule has 0 aliphatic heterocycles. The molecular weight excluding hydrogens is 246 g/mol. The van der Waals surface area contributed by atoms with Gasteiger partial charge in [0.1, 0.15) is 6.61 Å². The monoisotopic (exact) mass is 269 g/mol. The molecule has 1 aromatic carbocycles. The van der Waals surface area contributed by atoms with Crippen LogP contribution in [-0.2, 0) is 0 Å². The van der Waals surface area contributed by atoms with Crippen LogP contribution in [0.5, 0.6) is 11.5 Å². The van der Waals surface area contributed by atoms with Crippen molar-refractivity contribution < 1.29 is 19.7 Å². The molecule has 5 heteroatoms. The number of aliphatic hydroxyl groups is 2. The summed E-state index contributed by atoms with van der Waals surface area (Å²) in [5.74, 6) is 1.44. The molecule has 0 aromatic heterocycles. The van der Waals surface area contributed by atoms with Crippen LogP contribution in [-0.4, -0.2) is 48.7 Å². The molecule has 0 radical (unpaired) electrons. The zero-order valence-electron chi connectivity index (χ0n) is 11.6. The number of hydrogen-bond donors (Lipinski definition) is 3. The van der Waals surface area contributed by atoms with Crippen molar-refractivity contribution in [2.75, 3.05) is 32.9 Å². The SMILES string of the molecule is CCOc1ccccc1OCCNCC(C)(O)CO. The van der Waals surface area contributed by atoms with Crippen LogP contribution in [0.2, 0.25) is 0 Å². The van der Waals surface area contributed by atoms with Gasteiger partial charge in [0.15, 0.2) is 11.5 Å². The Morgan fingerprint density at radius 2 is 1.84 bits per heavy atom. The van der Waals surface area contributed by atoms with E-state index >= 15 is 0 Å². The third-order valence-electron chi connectivity index (χ3n) is 2.53. The molecule has 1 atom stereocenters. The summed E-state index contributed by atoms with van der Waals surface area (Å²) in [6.07, 6.45) is 0. The minimum atomic E-state index is -1.09. The Morgan fingerprint density at radius 1 is 1.21 bits per heavy atom. The van der Waals surface area contributed by atoms with E-state index in [1.807, 2.05) is 31.2 Å². The summed E-state index contributed by atoms with van der Waals surface area (Å²) in [7, 11) is 0.